The summed E-state index contributed by atoms with van der Waals surface area (Å²) in [5.74, 6) is -0.0923. The summed E-state index contributed by atoms with van der Waals surface area (Å²) >= 11 is 24.4. The molecule has 0 saturated heterocycles. The Labute approximate surface area is 154 Å². The van der Waals surface area contributed by atoms with Gasteiger partial charge >= 0.3 is 0 Å². The van der Waals surface area contributed by atoms with Crippen LogP contribution < -0.4 is 5.32 Å². The molecule has 0 spiro atoms. The minimum atomic E-state index is -0.264. The van der Waals surface area contributed by atoms with E-state index in [4.69, 9.17) is 46.4 Å². The predicted molar refractivity (Wildman–Crippen MR) is 96.2 cm³/mol. The van der Waals surface area contributed by atoms with Crippen LogP contribution in [0.4, 0.5) is 0 Å². The van der Waals surface area contributed by atoms with E-state index < -0.39 is 0 Å². The van der Waals surface area contributed by atoms with Gasteiger partial charge < -0.3 is 5.32 Å². The maximum atomic E-state index is 12.5. The van der Waals surface area contributed by atoms with Crippen LogP contribution >= 0.6 is 46.4 Å². The lowest BCUT2D eigenvalue weighted by Crippen LogP contribution is -2.45. The Morgan fingerprint density at radius 1 is 0.957 bits per heavy atom. The van der Waals surface area contributed by atoms with Gasteiger partial charge in [-0.05, 0) is 42.7 Å². The summed E-state index contributed by atoms with van der Waals surface area (Å²) in [6.07, 6.45) is 1.85. The second-order valence-corrected chi connectivity index (χ2v) is 7.18. The van der Waals surface area contributed by atoms with Gasteiger partial charge in [0.25, 0.3) is 5.91 Å². The highest BCUT2D eigenvalue weighted by atomic mass is 35.5. The number of amides is 1. The Morgan fingerprint density at radius 3 is 2.22 bits per heavy atom. The number of hydrogen-bond donors (Lipinski definition) is 1. The Bertz CT molecular complexity index is 742. The Kier molecular flexibility index (Phi) is 5.07. The molecule has 2 aromatic rings. The molecule has 2 atom stereocenters. The van der Waals surface area contributed by atoms with Crippen molar-refractivity contribution in [3.05, 3.63) is 67.6 Å². The van der Waals surface area contributed by atoms with Crippen LogP contribution in [-0.4, -0.2) is 11.9 Å². The zero-order valence-electron chi connectivity index (χ0n) is 12.0. The zero-order valence-corrected chi connectivity index (χ0v) is 15.0. The second-order valence-electron chi connectivity index (χ2n) is 5.53. The fourth-order valence-electron chi connectivity index (χ4n) is 2.80. The minimum absolute atomic E-state index is 0.00788. The average Bonchev–Trinajstić information content (AvgIpc) is 2.46. The maximum absolute atomic E-state index is 12.5. The topological polar surface area (TPSA) is 29.1 Å². The summed E-state index contributed by atoms with van der Waals surface area (Å²) in [5, 5.41) is 4.91. The maximum Gasteiger partial charge on any atom is 0.254 e. The van der Waals surface area contributed by atoms with Crippen LogP contribution in [0.15, 0.2) is 36.4 Å². The van der Waals surface area contributed by atoms with Crippen molar-refractivity contribution in [2.24, 2.45) is 0 Å². The van der Waals surface area contributed by atoms with Gasteiger partial charge in [-0.25, -0.2) is 0 Å². The van der Waals surface area contributed by atoms with Crippen molar-refractivity contribution < 1.29 is 4.79 Å². The van der Waals surface area contributed by atoms with Crippen molar-refractivity contribution in [2.75, 3.05) is 0 Å². The van der Waals surface area contributed by atoms with E-state index in [9.17, 15) is 4.79 Å². The molecule has 2 nitrogen and oxygen atoms in total. The highest BCUT2D eigenvalue weighted by molar-refractivity contribution is 6.39. The minimum Gasteiger partial charge on any atom is -0.349 e. The summed E-state index contributed by atoms with van der Waals surface area (Å²) in [4.78, 5) is 12.5. The van der Waals surface area contributed by atoms with E-state index >= 15 is 0 Å². The van der Waals surface area contributed by atoms with Crippen molar-refractivity contribution in [3.8, 4) is 0 Å². The highest BCUT2D eigenvalue weighted by Crippen LogP contribution is 2.41. The van der Waals surface area contributed by atoms with Crippen molar-refractivity contribution in [3.63, 3.8) is 0 Å². The smallest absolute Gasteiger partial charge is 0.254 e. The number of nitrogens with one attached hydrogen (secondary N) is 1. The Morgan fingerprint density at radius 2 is 1.65 bits per heavy atom. The highest BCUT2D eigenvalue weighted by Gasteiger charge is 2.35. The molecule has 1 amide bonds. The fraction of sp³-hybridized carbons (Fsp3) is 0.235. The summed E-state index contributed by atoms with van der Waals surface area (Å²) in [7, 11) is 0. The third-order valence-corrected chi connectivity index (χ3v) is 5.34. The van der Waals surface area contributed by atoms with Crippen LogP contribution in [0.3, 0.4) is 0 Å². The molecule has 3 rings (SSSR count). The molecule has 0 radical (unpaired) electrons. The van der Waals surface area contributed by atoms with E-state index in [0.29, 0.717) is 25.7 Å². The Hall–Kier alpha value is -0.930. The predicted octanol–water partition coefficient (Wildman–Crippen LogP) is 5.98. The summed E-state index contributed by atoms with van der Waals surface area (Å²) in [6, 6.07) is 10.5. The van der Waals surface area contributed by atoms with Gasteiger partial charge in [-0.2, -0.15) is 0 Å². The van der Waals surface area contributed by atoms with Crippen LogP contribution in [0, 0.1) is 0 Å². The van der Waals surface area contributed by atoms with Crippen LogP contribution in [-0.2, 0) is 0 Å². The van der Waals surface area contributed by atoms with Gasteiger partial charge in [-0.1, -0.05) is 58.5 Å². The summed E-state index contributed by atoms with van der Waals surface area (Å²) in [5.41, 5.74) is 1.31. The van der Waals surface area contributed by atoms with Crippen molar-refractivity contribution in [1.82, 2.24) is 5.32 Å². The quantitative estimate of drug-likeness (QED) is 0.688. The van der Waals surface area contributed by atoms with Gasteiger partial charge in [-0.15, -0.1) is 0 Å². The first-order valence-corrected chi connectivity index (χ1v) is 8.68. The van der Waals surface area contributed by atoms with Crippen molar-refractivity contribution in [1.29, 1.82) is 0 Å². The molecule has 0 unspecified atom stereocenters. The second kappa shape index (κ2) is 6.90. The molecule has 0 aliphatic heterocycles. The number of halogens is 4. The lowest BCUT2D eigenvalue weighted by molar-refractivity contribution is 0.0905. The molecule has 1 fully saturated rings. The summed E-state index contributed by atoms with van der Waals surface area (Å²) < 4.78 is 0. The van der Waals surface area contributed by atoms with E-state index in [1.807, 2.05) is 12.1 Å². The van der Waals surface area contributed by atoms with Gasteiger partial charge in [-0.3, -0.25) is 4.79 Å². The van der Waals surface area contributed by atoms with Gasteiger partial charge in [0, 0.05) is 22.0 Å². The largest absolute Gasteiger partial charge is 0.349 e. The number of carbonyl (C=O) groups excluding carboxylic acids is 1. The van der Waals surface area contributed by atoms with Gasteiger partial charge in [0.1, 0.15) is 0 Å². The number of hydrogen-bond acceptors (Lipinski definition) is 1. The molecule has 0 aromatic heterocycles. The average molecular weight is 389 g/mol. The first kappa shape index (κ1) is 16.9. The van der Waals surface area contributed by atoms with E-state index in [0.717, 1.165) is 18.4 Å². The molecule has 1 saturated carbocycles. The fourth-order valence-corrected chi connectivity index (χ4v) is 3.92. The first-order valence-electron chi connectivity index (χ1n) is 7.17. The molecule has 120 valence electrons. The van der Waals surface area contributed by atoms with Crippen molar-refractivity contribution >= 4 is 52.3 Å². The molecular formula is C17H13Cl4NO. The lowest BCUT2D eigenvalue weighted by Gasteiger charge is -2.38. The van der Waals surface area contributed by atoms with Gasteiger partial charge in [0.05, 0.1) is 15.6 Å². The molecule has 6 heteroatoms. The lowest BCUT2D eigenvalue weighted by atomic mass is 9.75. The molecule has 1 aliphatic carbocycles. The number of benzene rings is 2. The van der Waals surface area contributed by atoms with E-state index in [1.54, 1.807) is 24.3 Å². The van der Waals surface area contributed by atoms with E-state index in [2.05, 4.69) is 5.32 Å². The SMILES string of the molecule is O=C(N[C@H]1CC[C@H]1c1ccc(Cl)cc1Cl)c1c(Cl)cccc1Cl. The molecule has 0 bridgehead atoms. The molecule has 2 aromatic carbocycles. The molecule has 1 aliphatic rings. The monoisotopic (exact) mass is 387 g/mol. The summed E-state index contributed by atoms with van der Waals surface area (Å²) in [6.45, 7) is 0. The van der Waals surface area contributed by atoms with Crippen molar-refractivity contribution in [2.45, 2.75) is 24.8 Å². The molecule has 0 heterocycles. The number of carbonyl (C=O) groups is 1. The molecular weight excluding hydrogens is 376 g/mol. The van der Waals surface area contributed by atoms with E-state index in [-0.39, 0.29) is 17.9 Å². The zero-order chi connectivity index (χ0) is 16.6. The van der Waals surface area contributed by atoms with E-state index in [1.165, 1.54) is 0 Å². The van der Waals surface area contributed by atoms with Crippen LogP contribution in [0.1, 0.15) is 34.7 Å². The van der Waals surface area contributed by atoms with Crippen LogP contribution in [0.25, 0.3) is 0 Å². The standard InChI is InChI=1S/C17H13Cl4NO/c18-9-4-5-10(14(21)8-9)11-6-7-15(11)22-17(23)16-12(19)2-1-3-13(16)20/h1-5,8,11,15H,6-7H2,(H,22,23)/t11-,15-/m0/s1. The Balaban J connectivity index is 1.77. The van der Waals surface area contributed by atoms with Crippen LogP contribution in [0.5, 0.6) is 0 Å². The number of rotatable bonds is 3. The third-order valence-electron chi connectivity index (χ3n) is 4.14. The molecule has 23 heavy (non-hydrogen) atoms. The normalized spacial score (nSPS) is 20.0. The molecule has 1 N–H and O–H groups in total. The van der Waals surface area contributed by atoms with Gasteiger partial charge in [0.15, 0.2) is 0 Å². The first-order chi connectivity index (χ1) is 11.0. The van der Waals surface area contributed by atoms with Gasteiger partial charge in [0.2, 0.25) is 0 Å². The third kappa shape index (κ3) is 3.46. The van der Waals surface area contributed by atoms with Crippen LogP contribution in [0.2, 0.25) is 20.1 Å².